The molecule has 0 saturated carbocycles. The summed E-state index contributed by atoms with van der Waals surface area (Å²) >= 11 is 0. The molecule has 0 bridgehead atoms. The van der Waals surface area contributed by atoms with E-state index >= 15 is 0 Å². The van der Waals surface area contributed by atoms with Gasteiger partial charge in [-0.15, -0.1) is 0 Å². The number of hydrogen-bond acceptors (Lipinski definition) is 3. The lowest BCUT2D eigenvalue weighted by atomic mass is 10.1. The minimum absolute atomic E-state index is 0.119. The van der Waals surface area contributed by atoms with Crippen LogP contribution in [0.1, 0.15) is 19.8 Å². The Morgan fingerprint density at radius 2 is 1.83 bits per heavy atom. The maximum atomic E-state index is 11.7. The van der Waals surface area contributed by atoms with Crippen molar-refractivity contribution in [2.24, 2.45) is 5.73 Å². The molecule has 0 saturated heterocycles. The number of carbonyl (C=O) groups is 1. The Morgan fingerprint density at radius 3 is 2.57 bits per heavy atom. The zero-order valence-electron chi connectivity index (χ0n) is 13.5. The zero-order chi connectivity index (χ0) is 16.5. The third kappa shape index (κ3) is 5.11. The Kier molecular flexibility index (Phi) is 6.63. The predicted molar refractivity (Wildman–Crippen MR) is 93.3 cm³/mol. The first kappa shape index (κ1) is 17.0. The van der Waals surface area contributed by atoms with Crippen LogP contribution < -0.4 is 15.8 Å². The van der Waals surface area contributed by atoms with E-state index in [-0.39, 0.29) is 5.91 Å². The number of ether oxygens (including phenoxy) is 1. The maximum Gasteiger partial charge on any atom is 0.237 e. The molecule has 0 aliphatic rings. The molecule has 3 N–H and O–H groups in total. The third-order valence-corrected chi connectivity index (χ3v) is 3.57. The quantitative estimate of drug-likeness (QED) is 0.737. The van der Waals surface area contributed by atoms with Gasteiger partial charge >= 0.3 is 0 Å². The van der Waals surface area contributed by atoms with Crippen LogP contribution in [0.3, 0.4) is 0 Å². The minimum atomic E-state index is -0.434. The van der Waals surface area contributed by atoms with Gasteiger partial charge in [0.25, 0.3) is 0 Å². The van der Waals surface area contributed by atoms with Gasteiger partial charge in [-0.05, 0) is 18.1 Å². The molecule has 2 rings (SSSR count). The number of benzene rings is 2. The zero-order valence-corrected chi connectivity index (χ0v) is 13.5. The minimum Gasteiger partial charge on any atom is -0.491 e. The first-order valence-corrected chi connectivity index (χ1v) is 8.03. The van der Waals surface area contributed by atoms with Crippen LogP contribution in [0.15, 0.2) is 54.6 Å². The second-order valence-electron chi connectivity index (χ2n) is 5.40. The van der Waals surface area contributed by atoms with Gasteiger partial charge in [0.05, 0.1) is 12.6 Å². The van der Waals surface area contributed by atoms with Crippen LogP contribution in [-0.2, 0) is 4.79 Å². The fourth-order valence-corrected chi connectivity index (χ4v) is 2.36. The van der Waals surface area contributed by atoms with Crippen LogP contribution in [0.4, 0.5) is 0 Å². The van der Waals surface area contributed by atoms with Gasteiger partial charge in [0.15, 0.2) is 0 Å². The van der Waals surface area contributed by atoms with E-state index in [0.717, 1.165) is 23.3 Å². The van der Waals surface area contributed by atoms with Gasteiger partial charge in [0.2, 0.25) is 5.91 Å². The predicted octanol–water partition coefficient (Wildman–Crippen LogP) is 2.98. The topological polar surface area (TPSA) is 64.4 Å². The molecule has 1 unspecified atom stereocenters. The maximum absolute atomic E-state index is 11.7. The number of nitrogens with one attached hydrogen (secondary N) is 1. The highest BCUT2D eigenvalue weighted by Crippen LogP contribution is 2.29. The molecule has 1 atom stereocenters. The van der Waals surface area contributed by atoms with E-state index in [9.17, 15) is 4.79 Å². The van der Waals surface area contributed by atoms with Crippen LogP contribution in [0.5, 0.6) is 5.75 Å². The summed E-state index contributed by atoms with van der Waals surface area (Å²) in [6, 6.07) is 17.6. The van der Waals surface area contributed by atoms with Crippen molar-refractivity contribution in [3.8, 4) is 16.9 Å². The molecular weight excluding hydrogens is 288 g/mol. The molecule has 122 valence electrons. The van der Waals surface area contributed by atoms with E-state index in [2.05, 4.69) is 5.32 Å². The summed E-state index contributed by atoms with van der Waals surface area (Å²) in [7, 11) is 0. The summed E-state index contributed by atoms with van der Waals surface area (Å²) in [5.41, 5.74) is 7.92. The summed E-state index contributed by atoms with van der Waals surface area (Å²) in [6.45, 7) is 2.87. The SMILES string of the molecule is CCCC(N)C(=O)NCCOc1ccccc1-c1ccccc1. The van der Waals surface area contributed by atoms with Gasteiger partial charge in [0, 0.05) is 5.56 Å². The van der Waals surface area contributed by atoms with Crippen molar-refractivity contribution < 1.29 is 9.53 Å². The lowest BCUT2D eigenvalue weighted by Crippen LogP contribution is -2.41. The average Bonchev–Trinajstić information content (AvgIpc) is 2.60. The Balaban J connectivity index is 1.88. The highest BCUT2D eigenvalue weighted by molar-refractivity contribution is 5.81. The lowest BCUT2D eigenvalue weighted by Gasteiger charge is -2.14. The Labute approximate surface area is 137 Å². The normalized spacial score (nSPS) is 11.7. The fourth-order valence-electron chi connectivity index (χ4n) is 2.36. The monoisotopic (exact) mass is 312 g/mol. The van der Waals surface area contributed by atoms with Crippen molar-refractivity contribution in [1.29, 1.82) is 0 Å². The highest BCUT2D eigenvalue weighted by Gasteiger charge is 2.11. The van der Waals surface area contributed by atoms with E-state index < -0.39 is 6.04 Å². The lowest BCUT2D eigenvalue weighted by molar-refractivity contribution is -0.122. The van der Waals surface area contributed by atoms with Crippen LogP contribution in [0.2, 0.25) is 0 Å². The van der Waals surface area contributed by atoms with Crippen molar-refractivity contribution in [2.45, 2.75) is 25.8 Å². The summed E-state index contributed by atoms with van der Waals surface area (Å²) in [4.78, 5) is 11.7. The Bertz CT molecular complexity index is 614. The number of rotatable bonds is 8. The van der Waals surface area contributed by atoms with Crippen molar-refractivity contribution in [3.63, 3.8) is 0 Å². The van der Waals surface area contributed by atoms with Crippen molar-refractivity contribution in [2.75, 3.05) is 13.2 Å². The summed E-state index contributed by atoms with van der Waals surface area (Å²) in [6.07, 6.45) is 1.60. The second kappa shape index (κ2) is 8.96. The van der Waals surface area contributed by atoms with Gasteiger partial charge in [-0.1, -0.05) is 61.9 Å². The molecule has 0 aromatic heterocycles. The van der Waals surface area contributed by atoms with E-state index in [1.54, 1.807) is 0 Å². The van der Waals surface area contributed by atoms with E-state index in [4.69, 9.17) is 10.5 Å². The molecule has 2 aromatic rings. The van der Waals surface area contributed by atoms with Crippen LogP contribution in [0, 0.1) is 0 Å². The smallest absolute Gasteiger partial charge is 0.237 e. The van der Waals surface area contributed by atoms with Gasteiger partial charge in [0.1, 0.15) is 12.4 Å². The summed E-state index contributed by atoms with van der Waals surface area (Å²) < 4.78 is 5.83. The molecule has 0 fully saturated rings. The molecule has 2 aromatic carbocycles. The molecule has 1 amide bonds. The molecule has 23 heavy (non-hydrogen) atoms. The highest BCUT2D eigenvalue weighted by atomic mass is 16.5. The van der Waals surface area contributed by atoms with Crippen molar-refractivity contribution >= 4 is 5.91 Å². The molecule has 0 spiro atoms. The first-order chi connectivity index (χ1) is 11.2. The molecule has 0 aliphatic carbocycles. The Morgan fingerprint density at radius 1 is 1.13 bits per heavy atom. The number of carbonyl (C=O) groups excluding carboxylic acids is 1. The van der Waals surface area contributed by atoms with Crippen molar-refractivity contribution in [3.05, 3.63) is 54.6 Å². The van der Waals surface area contributed by atoms with Crippen LogP contribution in [0.25, 0.3) is 11.1 Å². The Hall–Kier alpha value is -2.33. The van der Waals surface area contributed by atoms with E-state index in [0.29, 0.717) is 19.6 Å². The van der Waals surface area contributed by atoms with Gasteiger partial charge in [-0.25, -0.2) is 0 Å². The second-order valence-corrected chi connectivity index (χ2v) is 5.40. The fraction of sp³-hybridized carbons (Fsp3) is 0.316. The number of nitrogens with two attached hydrogens (primary N) is 1. The summed E-state index contributed by atoms with van der Waals surface area (Å²) in [5, 5.41) is 2.81. The molecule has 4 nitrogen and oxygen atoms in total. The van der Waals surface area contributed by atoms with Crippen LogP contribution >= 0.6 is 0 Å². The number of hydrogen-bond donors (Lipinski definition) is 2. The molecular formula is C19H24N2O2. The van der Waals surface area contributed by atoms with Gasteiger partial charge in [-0.3, -0.25) is 4.79 Å². The average molecular weight is 312 g/mol. The molecule has 0 radical (unpaired) electrons. The largest absolute Gasteiger partial charge is 0.491 e. The molecule has 4 heteroatoms. The molecule has 0 aliphatic heterocycles. The summed E-state index contributed by atoms with van der Waals surface area (Å²) in [5.74, 6) is 0.692. The third-order valence-electron chi connectivity index (χ3n) is 3.57. The van der Waals surface area contributed by atoms with Gasteiger partial charge < -0.3 is 15.8 Å². The number of para-hydroxylation sites is 1. The molecule has 0 heterocycles. The van der Waals surface area contributed by atoms with Gasteiger partial charge in [-0.2, -0.15) is 0 Å². The first-order valence-electron chi connectivity index (χ1n) is 8.03. The number of amides is 1. The standard InChI is InChI=1S/C19H24N2O2/c1-2-8-17(20)19(22)21-13-14-23-18-12-7-6-11-16(18)15-9-4-3-5-10-15/h3-7,9-12,17H,2,8,13-14,20H2,1H3,(H,21,22). The van der Waals surface area contributed by atoms with E-state index in [1.165, 1.54) is 0 Å². The van der Waals surface area contributed by atoms with Crippen LogP contribution in [-0.4, -0.2) is 25.1 Å². The van der Waals surface area contributed by atoms with Crippen molar-refractivity contribution in [1.82, 2.24) is 5.32 Å². The van der Waals surface area contributed by atoms with E-state index in [1.807, 2.05) is 61.5 Å².